The first-order valence-electron chi connectivity index (χ1n) is 5.79. The molecule has 0 unspecified atom stereocenters. The van der Waals surface area contributed by atoms with Crippen molar-refractivity contribution in [3.8, 4) is 0 Å². The first-order chi connectivity index (χ1) is 9.47. The molecule has 20 heavy (non-hydrogen) atoms. The number of halogens is 1. The average molecular weight is 274 g/mol. The second-order valence-electron chi connectivity index (χ2n) is 4.18. The number of hydrogen-bond acceptors (Lipinski definition) is 4. The molecule has 0 aliphatic heterocycles. The number of rotatable bonds is 4. The van der Waals surface area contributed by atoms with Crippen LogP contribution in [0.25, 0.3) is 0 Å². The summed E-state index contributed by atoms with van der Waals surface area (Å²) in [6.07, 6.45) is 0. The second kappa shape index (κ2) is 5.48. The smallest absolute Gasteiger partial charge is 0.269 e. The number of carbonyl (C=O) groups excluding carboxylic acids is 1. The summed E-state index contributed by atoms with van der Waals surface area (Å²) in [4.78, 5) is 21.5. The molecule has 0 atom stereocenters. The first-order valence-corrected chi connectivity index (χ1v) is 5.79. The van der Waals surface area contributed by atoms with Gasteiger partial charge in [-0.05, 0) is 37.3 Å². The summed E-state index contributed by atoms with van der Waals surface area (Å²) in [5.41, 5.74) is 1.22. The minimum absolute atomic E-state index is 0.0264. The van der Waals surface area contributed by atoms with Crippen molar-refractivity contribution in [2.24, 2.45) is 0 Å². The van der Waals surface area contributed by atoms with Gasteiger partial charge in [0, 0.05) is 29.1 Å². The molecule has 102 valence electrons. The summed E-state index contributed by atoms with van der Waals surface area (Å²) in [7, 11) is 0. The van der Waals surface area contributed by atoms with Crippen LogP contribution < -0.4 is 5.32 Å². The van der Waals surface area contributed by atoms with Crippen molar-refractivity contribution >= 4 is 22.8 Å². The maximum atomic E-state index is 13.1. The summed E-state index contributed by atoms with van der Waals surface area (Å²) >= 11 is 0. The van der Waals surface area contributed by atoms with Crippen molar-refractivity contribution in [2.75, 3.05) is 5.32 Å². The number of hydrogen-bond donors (Lipinski definition) is 1. The van der Waals surface area contributed by atoms with Crippen molar-refractivity contribution in [2.45, 2.75) is 6.92 Å². The Balaban J connectivity index is 2.30. The zero-order chi connectivity index (χ0) is 14.7. The number of ketones is 1. The Morgan fingerprint density at radius 1 is 1.20 bits per heavy atom. The van der Waals surface area contributed by atoms with Crippen LogP contribution in [-0.2, 0) is 0 Å². The Hall–Kier alpha value is -2.76. The highest BCUT2D eigenvalue weighted by Gasteiger charge is 2.10. The van der Waals surface area contributed by atoms with Crippen LogP contribution in [0, 0.1) is 15.9 Å². The minimum atomic E-state index is -0.497. The van der Waals surface area contributed by atoms with Crippen molar-refractivity contribution in [1.29, 1.82) is 0 Å². The van der Waals surface area contributed by atoms with Gasteiger partial charge in [0.2, 0.25) is 0 Å². The van der Waals surface area contributed by atoms with Crippen molar-refractivity contribution in [1.82, 2.24) is 0 Å². The van der Waals surface area contributed by atoms with E-state index in [1.54, 1.807) is 0 Å². The lowest BCUT2D eigenvalue weighted by Crippen LogP contribution is -2.01. The molecule has 0 aromatic heterocycles. The lowest BCUT2D eigenvalue weighted by molar-refractivity contribution is -0.384. The van der Waals surface area contributed by atoms with E-state index in [2.05, 4.69) is 5.32 Å². The molecule has 0 saturated carbocycles. The Morgan fingerprint density at radius 3 is 2.40 bits per heavy atom. The van der Waals surface area contributed by atoms with E-state index in [4.69, 9.17) is 0 Å². The number of benzene rings is 2. The molecule has 6 heteroatoms. The maximum Gasteiger partial charge on any atom is 0.269 e. The molecule has 0 bridgehead atoms. The van der Waals surface area contributed by atoms with E-state index in [1.807, 2.05) is 0 Å². The standard InChI is InChI=1S/C14H11FN2O3/c1-9(18)13-8-10(15)2-7-14(13)16-11-3-5-12(6-4-11)17(19)20/h2-8,16H,1H3. The Labute approximate surface area is 114 Å². The summed E-state index contributed by atoms with van der Waals surface area (Å²) in [6, 6.07) is 9.57. The summed E-state index contributed by atoms with van der Waals surface area (Å²) in [5, 5.41) is 13.5. The van der Waals surface area contributed by atoms with Gasteiger partial charge in [0.1, 0.15) is 5.82 Å². The van der Waals surface area contributed by atoms with Gasteiger partial charge < -0.3 is 5.32 Å². The van der Waals surface area contributed by atoms with Crippen LogP contribution in [0.5, 0.6) is 0 Å². The van der Waals surface area contributed by atoms with E-state index in [-0.39, 0.29) is 17.0 Å². The number of nitro benzene ring substituents is 1. The number of carbonyl (C=O) groups is 1. The molecule has 0 heterocycles. The van der Waals surface area contributed by atoms with Crippen molar-refractivity contribution < 1.29 is 14.1 Å². The molecular formula is C14H11FN2O3. The maximum absolute atomic E-state index is 13.1. The quantitative estimate of drug-likeness (QED) is 0.524. The monoisotopic (exact) mass is 274 g/mol. The zero-order valence-corrected chi connectivity index (χ0v) is 10.6. The fraction of sp³-hybridized carbons (Fsp3) is 0.0714. The Bertz CT molecular complexity index is 669. The van der Waals surface area contributed by atoms with E-state index in [9.17, 15) is 19.3 Å². The molecule has 0 amide bonds. The van der Waals surface area contributed by atoms with Crippen molar-refractivity contribution in [3.05, 3.63) is 64.0 Å². The predicted octanol–water partition coefficient (Wildman–Crippen LogP) is 3.68. The number of nitrogens with one attached hydrogen (secondary N) is 1. The Morgan fingerprint density at radius 2 is 1.85 bits per heavy atom. The fourth-order valence-corrected chi connectivity index (χ4v) is 1.74. The largest absolute Gasteiger partial charge is 0.355 e. The second-order valence-corrected chi connectivity index (χ2v) is 4.18. The van der Waals surface area contributed by atoms with Crippen molar-refractivity contribution in [3.63, 3.8) is 0 Å². The molecule has 1 N–H and O–H groups in total. The van der Waals surface area contributed by atoms with Gasteiger partial charge in [-0.1, -0.05) is 0 Å². The highest BCUT2D eigenvalue weighted by atomic mass is 19.1. The minimum Gasteiger partial charge on any atom is -0.355 e. The van der Waals surface area contributed by atoms with Gasteiger partial charge >= 0.3 is 0 Å². The van der Waals surface area contributed by atoms with E-state index in [0.29, 0.717) is 11.4 Å². The Kier molecular flexibility index (Phi) is 3.74. The third-order valence-corrected chi connectivity index (χ3v) is 2.72. The molecule has 0 radical (unpaired) electrons. The van der Waals surface area contributed by atoms with Gasteiger partial charge in [0.25, 0.3) is 5.69 Å². The highest BCUT2D eigenvalue weighted by molar-refractivity contribution is 6.00. The van der Waals surface area contributed by atoms with Crippen LogP contribution >= 0.6 is 0 Å². The molecule has 2 rings (SSSR count). The zero-order valence-electron chi connectivity index (χ0n) is 10.6. The fourth-order valence-electron chi connectivity index (χ4n) is 1.74. The van der Waals surface area contributed by atoms with Gasteiger partial charge in [-0.3, -0.25) is 14.9 Å². The highest BCUT2D eigenvalue weighted by Crippen LogP contribution is 2.24. The third kappa shape index (κ3) is 2.97. The van der Waals surface area contributed by atoms with E-state index < -0.39 is 10.7 Å². The van der Waals surface area contributed by atoms with Crippen LogP contribution in [0.15, 0.2) is 42.5 Å². The molecule has 2 aromatic carbocycles. The lowest BCUT2D eigenvalue weighted by Gasteiger charge is -2.10. The first kappa shape index (κ1) is 13.7. The van der Waals surface area contributed by atoms with Crippen LogP contribution in [0.3, 0.4) is 0 Å². The van der Waals surface area contributed by atoms with E-state index in [1.165, 1.54) is 43.3 Å². The molecule has 5 nitrogen and oxygen atoms in total. The molecule has 0 aliphatic rings. The summed E-state index contributed by atoms with van der Waals surface area (Å²) in [6.45, 7) is 1.34. The molecule has 2 aromatic rings. The number of nitrogens with zero attached hydrogens (tertiary/aromatic N) is 1. The van der Waals surface area contributed by atoms with E-state index in [0.717, 1.165) is 6.07 Å². The van der Waals surface area contributed by atoms with Crippen LogP contribution in [0.2, 0.25) is 0 Å². The molecule has 0 aliphatic carbocycles. The lowest BCUT2D eigenvalue weighted by atomic mass is 10.1. The molecule has 0 saturated heterocycles. The molecule has 0 spiro atoms. The molecular weight excluding hydrogens is 263 g/mol. The summed E-state index contributed by atoms with van der Waals surface area (Å²) in [5.74, 6) is -0.765. The summed E-state index contributed by atoms with van der Waals surface area (Å²) < 4.78 is 13.1. The predicted molar refractivity (Wildman–Crippen MR) is 72.8 cm³/mol. The number of anilines is 2. The molecule has 0 fully saturated rings. The number of Topliss-reactive ketones (excluding diaryl/α,β-unsaturated/α-hetero) is 1. The number of non-ortho nitro benzene ring substituents is 1. The van der Waals surface area contributed by atoms with Gasteiger partial charge in [-0.25, -0.2) is 4.39 Å². The van der Waals surface area contributed by atoms with Crippen LogP contribution in [0.4, 0.5) is 21.5 Å². The van der Waals surface area contributed by atoms with Gasteiger partial charge in [-0.15, -0.1) is 0 Å². The van der Waals surface area contributed by atoms with Crippen LogP contribution in [-0.4, -0.2) is 10.7 Å². The number of nitro groups is 1. The van der Waals surface area contributed by atoms with Gasteiger partial charge in [-0.2, -0.15) is 0 Å². The third-order valence-electron chi connectivity index (χ3n) is 2.72. The van der Waals surface area contributed by atoms with Gasteiger partial charge in [0.15, 0.2) is 5.78 Å². The average Bonchev–Trinajstić information content (AvgIpc) is 2.41. The topological polar surface area (TPSA) is 72.2 Å². The van der Waals surface area contributed by atoms with Gasteiger partial charge in [0.05, 0.1) is 4.92 Å². The SMILES string of the molecule is CC(=O)c1cc(F)ccc1Nc1ccc([N+](=O)[O-])cc1. The van der Waals surface area contributed by atoms with E-state index >= 15 is 0 Å². The van der Waals surface area contributed by atoms with Crippen LogP contribution in [0.1, 0.15) is 17.3 Å². The normalized spacial score (nSPS) is 10.1.